The van der Waals surface area contributed by atoms with Crippen molar-refractivity contribution in [2.75, 3.05) is 25.1 Å². The van der Waals surface area contributed by atoms with E-state index in [0.29, 0.717) is 5.82 Å². The van der Waals surface area contributed by atoms with Gasteiger partial charge in [0.05, 0.1) is 12.5 Å². The molecule has 1 aliphatic rings. The van der Waals surface area contributed by atoms with Gasteiger partial charge in [0.2, 0.25) is 0 Å². The molecule has 3 rings (SSSR count). The van der Waals surface area contributed by atoms with Crippen molar-refractivity contribution in [3.63, 3.8) is 0 Å². The van der Waals surface area contributed by atoms with Gasteiger partial charge in [0.15, 0.2) is 5.82 Å². The molecule has 2 aromatic heterocycles. The highest BCUT2D eigenvalue weighted by Gasteiger charge is 2.40. The molecule has 2 aromatic rings. The molecule has 1 atom stereocenters. The first kappa shape index (κ1) is 19.3. The molecular formula is C21H28N4O2. The molecule has 1 saturated heterocycles. The molecule has 0 N–H and O–H groups in total. The van der Waals surface area contributed by atoms with Crippen LogP contribution in [0.5, 0.6) is 0 Å². The summed E-state index contributed by atoms with van der Waals surface area (Å²) in [4.78, 5) is 28.3. The van der Waals surface area contributed by atoms with Crippen molar-refractivity contribution in [2.24, 2.45) is 11.3 Å². The van der Waals surface area contributed by atoms with E-state index >= 15 is 0 Å². The summed E-state index contributed by atoms with van der Waals surface area (Å²) in [5.41, 5.74) is 2.44. The van der Waals surface area contributed by atoms with Crippen LogP contribution in [0.2, 0.25) is 0 Å². The topological polar surface area (TPSA) is 68.2 Å². The lowest BCUT2D eigenvalue weighted by atomic mass is 9.74. The third kappa shape index (κ3) is 3.80. The summed E-state index contributed by atoms with van der Waals surface area (Å²) < 4.78 is 5.04. The van der Waals surface area contributed by atoms with E-state index in [1.165, 1.54) is 7.11 Å². The maximum atomic E-state index is 12.3. The van der Waals surface area contributed by atoms with Gasteiger partial charge >= 0.3 is 5.97 Å². The summed E-state index contributed by atoms with van der Waals surface area (Å²) in [5.74, 6) is 1.71. The van der Waals surface area contributed by atoms with Crippen molar-refractivity contribution >= 4 is 11.8 Å². The number of ether oxygens (including phenoxy) is 1. The molecule has 144 valence electrons. The molecule has 0 bridgehead atoms. The van der Waals surface area contributed by atoms with Crippen molar-refractivity contribution in [3.05, 3.63) is 35.8 Å². The fourth-order valence-electron chi connectivity index (χ4n) is 3.73. The van der Waals surface area contributed by atoms with Gasteiger partial charge in [0.1, 0.15) is 5.82 Å². The van der Waals surface area contributed by atoms with Crippen LogP contribution in [0.25, 0.3) is 11.4 Å². The molecule has 3 heterocycles. The standard InChI is InChI=1S/C21H28N4O2/c1-14-15(2)23-18(16-8-6-10-22-12-16)24-19(14)25-11-7-9-17(13-25)21(3,4)20(26)27-5/h6,8,10,12,17H,7,9,11,13H2,1-5H3. The summed E-state index contributed by atoms with van der Waals surface area (Å²) >= 11 is 0. The summed E-state index contributed by atoms with van der Waals surface area (Å²) in [7, 11) is 1.46. The highest BCUT2D eigenvalue weighted by molar-refractivity contribution is 5.76. The molecule has 1 fully saturated rings. The number of piperidine rings is 1. The molecule has 1 unspecified atom stereocenters. The van der Waals surface area contributed by atoms with Crippen LogP contribution in [0.4, 0.5) is 5.82 Å². The predicted octanol–water partition coefficient (Wildman–Crippen LogP) is 3.57. The van der Waals surface area contributed by atoms with E-state index in [9.17, 15) is 4.79 Å². The first-order chi connectivity index (χ1) is 12.8. The molecule has 6 nitrogen and oxygen atoms in total. The lowest BCUT2D eigenvalue weighted by molar-refractivity contribution is -0.154. The predicted molar refractivity (Wildman–Crippen MR) is 105 cm³/mol. The van der Waals surface area contributed by atoms with Crippen molar-refractivity contribution in [3.8, 4) is 11.4 Å². The Balaban J connectivity index is 1.94. The van der Waals surface area contributed by atoms with Crippen molar-refractivity contribution in [1.29, 1.82) is 0 Å². The number of methoxy groups -OCH3 is 1. The van der Waals surface area contributed by atoms with Gasteiger partial charge in [0, 0.05) is 42.3 Å². The molecule has 0 radical (unpaired) electrons. The van der Waals surface area contributed by atoms with Crippen LogP contribution in [0.1, 0.15) is 37.9 Å². The van der Waals surface area contributed by atoms with Gasteiger partial charge in [-0.25, -0.2) is 9.97 Å². The number of carbonyl (C=O) groups excluding carboxylic acids is 1. The number of aryl methyl sites for hydroxylation is 1. The van der Waals surface area contributed by atoms with E-state index in [1.807, 2.05) is 32.9 Å². The Morgan fingerprint density at radius 3 is 2.74 bits per heavy atom. The zero-order chi connectivity index (χ0) is 19.6. The number of pyridine rings is 1. The molecule has 1 aliphatic heterocycles. The minimum absolute atomic E-state index is 0.152. The molecular weight excluding hydrogens is 340 g/mol. The highest BCUT2D eigenvalue weighted by atomic mass is 16.5. The average Bonchev–Trinajstić information content (AvgIpc) is 2.70. The summed E-state index contributed by atoms with van der Waals surface area (Å²) in [6.45, 7) is 9.74. The third-order valence-corrected chi connectivity index (χ3v) is 5.74. The number of nitrogens with zero attached hydrogens (tertiary/aromatic N) is 4. The van der Waals surface area contributed by atoms with Crippen LogP contribution < -0.4 is 4.90 Å². The monoisotopic (exact) mass is 368 g/mol. The van der Waals surface area contributed by atoms with Gasteiger partial charge < -0.3 is 9.64 Å². The van der Waals surface area contributed by atoms with Crippen LogP contribution >= 0.6 is 0 Å². The largest absolute Gasteiger partial charge is 0.469 e. The summed E-state index contributed by atoms with van der Waals surface area (Å²) in [5, 5.41) is 0. The van der Waals surface area contributed by atoms with Crippen LogP contribution in [0, 0.1) is 25.2 Å². The van der Waals surface area contributed by atoms with E-state index in [0.717, 1.165) is 48.6 Å². The Kier molecular flexibility index (Phi) is 5.44. The Hall–Kier alpha value is -2.50. The van der Waals surface area contributed by atoms with E-state index in [-0.39, 0.29) is 11.9 Å². The van der Waals surface area contributed by atoms with Crippen molar-refractivity contribution in [2.45, 2.75) is 40.5 Å². The molecule has 0 saturated carbocycles. The minimum atomic E-state index is -0.518. The number of hydrogen-bond donors (Lipinski definition) is 0. The van der Waals surface area contributed by atoms with Crippen molar-refractivity contribution in [1.82, 2.24) is 15.0 Å². The molecule has 0 aliphatic carbocycles. The van der Waals surface area contributed by atoms with Crippen LogP contribution in [-0.2, 0) is 9.53 Å². The van der Waals surface area contributed by atoms with E-state index < -0.39 is 5.41 Å². The lowest BCUT2D eigenvalue weighted by Crippen LogP contribution is -2.45. The zero-order valence-electron chi connectivity index (χ0n) is 16.8. The van der Waals surface area contributed by atoms with Gasteiger partial charge in [-0.3, -0.25) is 9.78 Å². The Morgan fingerprint density at radius 2 is 2.07 bits per heavy atom. The van der Waals surface area contributed by atoms with Crippen LogP contribution in [0.3, 0.4) is 0 Å². The smallest absolute Gasteiger partial charge is 0.311 e. The Labute approximate surface area is 161 Å². The number of aromatic nitrogens is 3. The minimum Gasteiger partial charge on any atom is -0.469 e. The second-order valence-corrected chi connectivity index (χ2v) is 7.82. The molecule has 27 heavy (non-hydrogen) atoms. The highest BCUT2D eigenvalue weighted by Crippen LogP contribution is 2.37. The first-order valence-electron chi connectivity index (χ1n) is 9.43. The lowest BCUT2D eigenvalue weighted by Gasteiger charge is -2.40. The van der Waals surface area contributed by atoms with Crippen LogP contribution in [0.15, 0.2) is 24.5 Å². The van der Waals surface area contributed by atoms with Crippen molar-refractivity contribution < 1.29 is 9.53 Å². The fraction of sp³-hybridized carbons (Fsp3) is 0.524. The van der Waals surface area contributed by atoms with Gasteiger partial charge in [-0.2, -0.15) is 0 Å². The fourth-order valence-corrected chi connectivity index (χ4v) is 3.73. The first-order valence-corrected chi connectivity index (χ1v) is 9.43. The Bertz CT molecular complexity index is 820. The van der Waals surface area contributed by atoms with E-state index in [4.69, 9.17) is 9.72 Å². The van der Waals surface area contributed by atoms with Gasteiger partial charge in [0.25, 0.3) is 0 Å². The number of esters is 1. The van der Waals surface area contributed by atoms with E-state index in [2.05, 4.69) is 21.8 Å². The number of hydrogen-bond acceptors (Lipinski definition) is 6. The second-order valence-electron chi connectivity index (χ2n) is 7.82. The van der Waals surface area contributed by atoms with Gasteiger partial charge in [-0.15, -0.1) is 0 Å². The molecule has 6 heteroatoms. The summed E-state index contributed by atoms with van der Waals surface area (Å²) in [6.07, 6.45) is 5.57. The van der Waals surface area contributed by atoms with Crippen LogP contribution in [-0.4, -0.2) is 41.1 Å². The molecule has 0 aromatic carbocycles. The third-order valence-electron chi connectivity index (χ3n) is 5.74. The SMILES string of the molecule is COC(=O)C(C)(C)C1CCCN(c2nc(-c3cccnc3)nc(C)c2C)C1. The average molecular weight is 368 g/mol. The molecule has 0 amide bonds. The number of rotatable bonds is 4. The van der Waals surface area contributed by atoms with E-state index in [1.54, 1.807) is 12.4 Å². The Morgan fingerprint density at radius 1 is 1.30 bits per heavy atom. The second kappa shape index (κ2) is 7.62. The van der Waals surface area contributed by atoms with Gasteiger partial charge in [-0.05, 0) is 58.6 Å². The number of anilines is 1. The zero-order valence-corrected chi connectivity index (χ0v) is 16.8. The quantitative estimate of drug-likeness (QED) is 0.769. The molecule has 0 spiro atoms. The number of carbonyl (C=O) groups is 1. The maximum absolute atomic E-state index is 12.3. The summed E-state index contributed by atoms with van der Waals surface area (Å²) in [6, 6.07) is 3.86. The maximum Gasteiger partial charge on any atom is 0.311 e. The van der Waals surface area contributed by atoms with Gasteiger partial charge in [-0.1, -0.05) is 0 Å². The normalized spacial score (nSPS) is 17.7.